The van der Waals surface area contributed by atoms with Crippen LogP contribution in [0.5, 0.6) is 0 Å². The maximum atomic E-state index is 12.2. The van der Waals surface area contributed by atoms with E-state index in [1.807, 2.05) is 0 Å². The minimum Gasteiger partial charge on any atom is -0.480 e. The van der Waals surface area contributed by atoms with E-state index >= 15 is 0 Å². The molecule has 0 aromatic heterocycles. The van der Waals surface area contributed by atoms with Crippen LogP contribution >= 0.6 is 7.82 Å². The molecule has 284 valence electrons. The van der Waals surface area contributed by atoms with Gasteiger partial charge in [-0.1, -0.05) is 127 Å². The van der Waals surface area contributed by atoms with Gasteiger partial charge in [0.1, 0.15) is 12.7 Å². The molecule has 0 aromatic rings. The third-order valence-corrected chi connectivity index (χ3v) is 8.64. The predicted molar refractivity (Wildman–Crippen MR) is 194 cm³/mol. The second-order valence-corrected chi connectivity index (χ2v) is 13.8. The van der Waals surface area contributed by atoms with Crippen LogP contribution in [0.25, 0.3) is 0 Å². The monoisotopic (exact) mass is 715 g/mol. The van der Waals surface area contributed by atoms with E-state index in [1.165, 1.54) is 38.5 Å². The van der Waals surface area contributed by atoms with E-state index in [4.69, 9.17) is 13.8 Å². The van der Waals surface area contributed by atoms with E-state index in [1.54, 1.807) is 0 Å². The zero-order valence-corrected chi connectivity index (χ0v) is 31.1. The number of phosphoric acid groups is 1. The first-order chi connectivity index (χ1) is 23.6. The molecule has 0 saturated heterocycles. The zero-order valence-electron chi connectivity index (χ0n) is 30.2. The van der Waals surface area contributed by atoms with Gasteiger partial charge in [-0.05, 0) is 44.9 Å². The van der Waals surface area contributed by atoms with Crippen molar-refractivity contribution in [2.45, 2.75) is 161 Å². The Bertz CT molecular complexity index is 984. The lowest BCUT2D eigenvalue weighted by Crippen LogP contribution is -2.43. The molecule has 0 aromatic carbocycles. The topological polar surface area (TPSA) is 169 Å². The van der Waals surface area contributed by atoms with Gasteiger partial charge in [0.05, 0.1) is 13.2 Å². The van der Waals surface area contributed by atoms with E-state index < -0.39 is 57.6 Å². The zero-order chi connectivity index (χ0) is 36.4. The van der Waals surface area contributed by atoms with E-state index in [2.05, 4.69) is 55.6 Å². The molecule has 0 rings (SSSR count). The number of carboxylic acid groups (broad SMARTS) is 1. The Hall–Kier alpha value is -2.30. The van der Waals surface area contributed by atoms with Gasteiger partial charge in [0.25, 0.3) is 0 Å². The number of hydrogen-bond donors (Lipinski definition) is 4. The molecule has 0 spiro atoms. The molecular weight excluding hydrogens is 649 g/mol. The van der Waals surface area contributed by atoms with Crippen LogP contribution in [0.2, 0.25) is 0 Å². The quantitative estimate of drug-likeness (QED) is 0.0219. The number of ether oxygens (including phenoxy) is 1. The van der Waals surface area contributed by atoms with Crippen molar-refractivity contribution < 1.29 is 47.8 Å². The van der Waals surface area contributed by atoms with Gasteiger partial charge in [-0.25, -0.2) is 9.36 Å². The van der Waals surface area contributed by atoms with Crippen LogP contribution in [-0.4, -0.2) is 64.9 Å². The van der Waals surface area contributed by atoms with Crippen LogP contribution in [-0.2, 0) is 32.7 Å². The second kappa shape index (κ2) is 32.9. The van der Waals surface area contributed by atoms with Crippen molar-refractivity contribution >= 4 is 25.7 Å². The Morgan fingerprint density at radius 3 is 1.78 bits per heavy atom. The highest BCUT2D eigenvalue weighted by Crippen LogP contribution is 2.43. The molecule has 0 aliphatic heterocycles. The summed E-state index contributed by atoms with van der Waals surface area (Å²) in [4.78, 5) is 45.6. The summed E-state index contributed by atoms with van der Waals surface area (Å²) < 4.78 is 26.7. The molecule has 3 unspecified atom stereocenters. The average molecular weight is 716 g/mol. The van der Waals surface area contributed by atoms with Crippen LogP contribution in [0.4, 0.5) is 0 Å². The fourth-order valence-electron chi connectivity index (χ4n) is 4.80. The van der Waals surface area contributed by atoms with Crippen LogP contribution in [0.1, 0.15) is 149 Å². The number of phosphoric ester groups is 1. The number of unbranched alkanes of at least 4 members (excludes halogenated alkanes) is 14. The van der Waals surface area contributed by atoms with Crippen molar-refractivity contribution in [3.05, 3.63) is 36.5 Å². The third kappa shape index (κ3) is 32.7. The summed E-state index contributed by atoms with van der Waals surface area (Å²) in [6, 6.07) is -1.54. The molecule has 0 saturated carbocycles. The summed E-state index contributed by atoms with van der Waals surface area (Å²) in [7, 11) is -4.75. The third-order valence-electron chi connectivity index (χ3n) is 7.69. The van der Waals surface area contributed by atoms with Crippen LogP contribution < -0.4 is 5.32 Å². The summed E-state index contributed by atoms with van der Waals surface area (Å²) >= 11 is 0. The largest absolute Gasteiger partial charge is 0.480 e. The number of hydrogen-bond acceptors (Lipinski definition) is 8. The van der Waals surface area contributed by atoms with E-state index in [-0.39, 0.29) is 12.8 Å². The average Bonchev–Trinajstić information content (AvgIpc) is 3.07. The molecule has 0 radical (unpaired) electrons. The molecule has 0 fully saturated rings. The van der Waals surface area contributed by atoms with E-state index in [0.29, 0.717) is 12.8 Å². The lowest BCUT2D eigenvalue weighted by atomic mass is 10.1. The van der Waals surface area contributed by atoms with Gasteiger partial charge >= 0.3 is 19.8 Å². The highest BCUT2D eigenvalue weighted by atomic mass is 31.2. The number of carboxylic acids is 1. The molecule has 1 amide bonds. The number of aliphatic hydroxyl groups is 1. The molecule has 0 aliphatic rings. The molecule has 0 bridgehead atoms. The summed E-state index contributed by atoms with van der Waals surface area (Å²) in [5.41, 5.74) is 0. The standard InChI is InChI=1S/C37H66NO10P/c1-3-5-7-9-11-13-15-16-17-18-19-21-23-25-27-29-36(41)46-30-33(39)31-47-49(44,45)48-32-34(37(42)43)38-35(40)28-26-24-22-20-14-12-10-8-6-4-2/h5,7,11,13,16-17,33-34,39H,3-4,6,8-10,12,14-15,18-32H2,1-2H3,(H,38,40)(H,42,43)(H,44,45)/b7-5-,13-11-,17-16-. The van der Waals surface area contributed by atoms with Crippen molar-refractivity contribution in [1.29, 1.82) is 0 Å². The lowest BCUT2D eigenvalue weighted by Gasteiger charge is -2.18. The Morgan fingerprint density at radius 2 is 1.18 bits per heavy atom. The maximum Gasteiger partial charge on any atom is 0.472 e. The van der Waals surface area contributed by atoms with Gasteiger partial charge in [0, 0.05) is 12.8 Å². The Balaban J connectivity index is 3.99. The van der Waals surface area contributed by atoms with Gasteiger partial charge in [-0.15, -0.1) is 0 Å². The summed E-state index contributed by atoms with van der Waals surface area (Å²) in [5.74, 6) is -2.40. The fourth-order valence-corrected chi connectivity index (χ4v) is 5.57. The first kappa shape index (κ1) is 46.7. The number of esters is 1. The molecule has 0 heterocycles. The molecule has 0 aliphatic carbocycles. The SMILES string of the molecule is CC/C=C\C/C=C\C/C=C\CCCCCCCC(=O)OCC(O)COP(=O)(O)OCC(NC(=O)CCCCCCCCCCCC)C(=O)O. The number of carbonyl (C=O) groups is 3. The first-order valence-electron chi connectivity index (χ1n) is 18.5. The molecule has 3 atom stereocenters. The molecule has 12 heteroatoms. The van der Waals surface area contributed by atoms with Crippen molar-refractivity contribution in [1.82, 2.24) is 5.32 Å². The smallest absolute Gasteiger partial charge is 0.472 e. The normalized spacial score (nSPS) is 14.4. The van der Waals surface area contributed by atoms with E-state index in [9.17, 15) is 34.1 Å². The summed E-state index contributed by atoms with van der Waals surface area (Å²) in [5, 5.41) is 21.7. The first-order valence-corrected chi connectivity index (χ1v) is 20.0. The van der Waals surface area contributed by atoms with Crippen molar-refractivity contribution in [2.24, 2.45) is 0 Å². The minimum absolute atomic E-state index is 0.146. The number of amides is 1. The molecule has 4 N–H and O–H groups in total. The highest BCUT2D eigenvalue weighted by Gasteiger charge is 2.28. The van der Waals surface area contributed by atoms with Crippen molar-refractivity contribution in [2.75, 3.05) is 19.8 Å². The minimum atomic E-state index is -4.75. The Morgan fingerprint density at radius 1 is 0.673 bits per heavy atom. The lowest BCUT2D eigenvalue weighted by molar-refractivity contribution is -0.147. The fraction of sp³-hybridized carbons (Fsp3) is 0.757. The number of rotatable bonds is 34. The van der Waals surface area contributed by atoms with Crippen molar-refractivity contribution in [3.8, 4) is 0 Å². The second-order valence-electron chi connectivity index (χ2n) is 12.4. The van der Waals surface area contributed by atoms with Gasteiger partial charge in [0.15, 0.2) is 6.04 Å². The van der Waals surface area contributed by atoms with Crippen LogP contribution in [0.15, 0.2) is 36.5 Å². The molecule has 49 heavy (non-hydrogen) atoms. The van der Waals surface area contributed by atoms with Gasteiger partial charge in [0.2, 0.25) is 5.91 Å². The number of carbonyl (C=O) groups excluding carboxylic acids is 2. The van der Waals surface area contributed by atoms with Crippen LogP contribution in [0.3, 0.4) is 0 Å². The van der Waals surface area contributed by atoms with Gasteiger partial charge in [-0.2, -0.15) is 0 Å². The number of nitrogens with one attached hydrogen (secondary N) is 1. The summed E-state index contributed by atoms with van der Waals surface area (Å²) in [6.07, 6.45) is 31.8. The number of aliphatic hydroxyl groups excluding tert-OH is 1. The molecule has 11 nitrogen and oxygen atoms in total. The highest BCUT2D eigenvalue weighted by molar-refractivity contribution is 7.47. The van der Waals surface area contributed by atoms with Gasteiger partial charge < -0.3 is 25.2 Å². The maximum absolute atomic E-state index is 12.2. The summed E-state index contributed by atoms with van der Waals surface area (Å²) in [6.45, 7) is 2.41. The Kier molecular flexibility index (Phi) is 31.3. The van der Waals surface area contributed by atoms with Gasteiger partial charge in [-0.3, -0.25) is 18.6 Å². The Labute approximate surface area is 295 Å². The molecular formula is C37H66NO10P. The van der Waals surface area contributed by atoms with Crippen molar-refractivity contribution in [3.63, 3.8) is 0 Å². The number of allylic oxidation sites excluding steroid dienone is 6. The number of aliphatic carboxylic acids is 1. The predicted octanol–water partition coefficient (Wildman–Crippen LogP) is 8.49. The van der Waals surface area contributed by atoms with E-state index in [0.717, 1.165) is 70.6 Å². The van der Waals surface area contributed by atoms with Crippen LogP contribution in [0, 0.1) is 0 Å².